The zero-order valence-corrected chi connectivity index (χ0v) is 22.3. The fraction of sp³-hybridized carbons (Fsp3) is 0.120. The first-order valence-corrected chi connectivity index (χ1v) is 14.5. The van der Waals surface area contributed by atoms with Gasteiger partial charge in [0.2, 0.25) is 0 Å². The van der Waals surface area contributed by atoms with Crippen LogP contribution in [0.3, 0.4) is 0 Å². The monoisotopic (exact) mass is 569 g/mol. The van der Waals surface area contributed by atoms with Gasteiger partial charge in [0.1, 0.15) is 33.4 Å². The molecule has 4 aromatic rings. The lowest BCUT2D eigenvalue weighted by atomic mass is 10.1. The van der Waals surface area contributed by atoms with Gasteiger partial charge in [-0.1, -0.05) is 19.1 Å². The summed E-state index contributed by atoms with van der Waals surface area (Å²) in [5.41, 5.74) is 0.745. The maximum absolute atomic E-state index is 12.2. The van der Waals surface area contributed by atoms with Crippen molar-refractivity contribution in [2.24, 2.45) is 20.5 Å². The summed E-state index contributed by atoms with van der Waals surface area (Å²) in [6.07, 6.45) is 0. The number of rotatable bonds is 8. The third-order valence-electron chi connectivity index (χ3n) is 5.75. The Balaban J connectivity index is 1.82. The smallest absolute Gasteiger partial charge is 0.296 e. The quantitative estimate of drug-likeness (QED) is 0.143. The first kappa shape index (κ1) is 27.6. The minimum absolute atomic E-state index is 0.0764. The summed E-state index contributed by atoms with van der Waals surface area (Å²) < 4.78 is 58.2. The molecule has 14 heteroatoms. The number of fused-ring (bicyclic) bond motifs is 1. The van der Waals surface area contributed by atoms with Crippen molar-refractivity contribution in [3.63, 3.8) is 0 Å². The molecule has 0 aliphatic carbocycles. The average molecular weight is 570 g/mol. The molecular weight excluding hydrogens is 546 g/mol. The molecule has 4 rings (SSSR count). The van der Waals surface area contributed by atoms with Gasteiger partial charge >= 0.3 is 0 Å². The van der Waals surface area contributed by atoms with E-state index in [0.29, 0.717) is 16.5 Å². The molecule has 4 aromatic carbocycles. The Morgan fingerprint density at radius 1 is 0.769 bits per heavy atom. The highest BCUT2D eigenvalue weighted by atomic mass is 32.2. The Morgan fingerprint density at radius 3 is 2.08 bits per heavy atom. The van der Waals surface area contributed by atoms with Crippen LogP contribution in [-0.2, 0) is 20.0 Å². The second-order valence-electron chi connectivity index (χ2n) is 8.14. The molecule has 0 bridgehead atoms. The van der Waals surface area contributed by atoms with E-state index in [1.165, 1.54) is 25.1 Å². The van der Waals surface area contributed by atoms with Gasteiger partial charge in [-0.25, -0.2) is 8.42 Å². The largest absolute Gasteiger partial charge is 0.506 e. The Morgan fingerprint density at radius 2 is 1.41 bits per heavy atom. The number of nitrogens with zero attached hydrogens (tertiary/aromatic N) is 4. The van der Waals surface area contributed by atoms with Gasteiger partial charge in [-0.3, -0.25) is 4.55 Å². The molecule has 0 heterocycles. The summed E-state index contributed by atoms with van der Waals surface area (Å²) in [6, 6.07) is 15.8. The predicted molar refractivity (Wildman–Crippen MR) is 146 cm³/mol. The number of hydrogen-bond donors (Lipinski definition) is 4. The highest BCUT2D eigenvalue weighted by molar-refractivity contribution is 7.91. The molecule has 0 aromatic heterocycles. The number of sulfone groups is 1. The summed E-state index contributed by atoms with van der Waals surface area (Å²) in [5.74, 6) is -0.566. The Labute approximate surface area is 224 Å². The lowest BCUT2D eigenvalue weighted by molar-refractivity contribution is 0.475. The summed E-state index contributed by atoms with van der Waals surface area (Å²) in [6.45, 7) is 1.41. The van der Waals surface area contributed by atoms with E-state index in [4.69, 9.17) is 0 Å². The van der Waals surface area contributed by atoms with Gasteiger partial charge in [0.05, 0.1) is 16.3 Å². The summed E-state index contributed by atoms with van der Waals surface area (Å²) in [7, 11) is -6.97. The minimum Gasteiger partial charge on any atom is -0.506 e. The molecule has 0 amide bonds. The van der Waals surface area contributed by atoms with Gasteiger partial charge < -0.3 is 15.5 Å². The number of nitrogens with one attached hydrogen (secondary N) is 1. The van der Waals surface area contributed by atoms with Crippen LogP contribution in [0.2, 0.25) is 0 Å². The summed E-state index contributed by atoms with van der Waals surface area (Å²) >= 11 is 0. The van der Waals surface area contributed by atoms with Gasteiger partial charge in [-0.05, 0) is 54.6 Å². The first-order chi connectivity index (χ1) is 18.5. The van der Waals surface area contributed by atoms with Crippen LogP contribution in [0.4, 0.5) is 28.4 Å². The molecule has 12 nitrogen and oxygen atoms in total. The third kappa shape index (κ3) is 5.72. The van der Waals surface area contributed by atoms with Crippen LogP contribution in [-0.4, -0.2) is 44.4 Å². The fourth-order valence-electron chi connectivity index (χ4n) is 3.66. The van der Waals surface area contributed by atoms with Gasteiger partial charge in [0, 0.05) is 17.8 Å². The van der Waals surface area contributed by atoms with Crippen LogP contribution in [0, 0.1) is 0 Å². The highest BCUT2D eigenvalue weighted by Crippen LogP contribution is 2.43. The molecule has 0 unspecified atom stereocenters. The molecule has 0 radical (unpaired) electrons. The lowest BCUT2D eigenvalue weighted by Gasteiger charge is -2.11. The van der Waals surface area contributed by atoms with Crippen molar-refractivity contribution in [1.29, 1.82) is 0 Å². The van der Waals surface area contributed by atoms with Gasteiger partial charge in [0.25, 0.3) is 10.1 Å². The van der Waals surface area contributed by atoms with Crippen molar-refractivity contribution in [2.75, 3.05) is 18.1 Å². The zero-order chi connectivity index (χ0) is 28.4. The van der Waals surface area contributed by atoms with Crippen molar-refractivity contribution < 1.29 is 31.6 Å². The zero-order valence-electron chi connectivity index (χ0n) is 20.6. The third-order valence-corrected chi connectivity index (χ3v) is 8.36. The van der Waals surface area contributed by atoms with E-state index in [-0.39, 0.29) is 44.9 Å². The van der Waals surface area contributed by atoms with Crippen molar-refractivity contribution >= 4 is 59.2 Å². The van der Waals surface area contributed by atoms with Crippen LogP contribution < -0.4 is 5.32 Å². The molecule has 0 aliphatic heterocycles. The number of aromatic hydroxyl groups is 2. The molecule has 39 heavy (non-hydrogen) atoms. The molecule has 202 valence electrons. The van der Waals surface area contributed by atoms with Crippen LogP contribution in [0.15, 0.2) is 97.0 Å². The van der Waals surface area contributed by atoms with Gasteiger partial charge in [0.15, 0.2) is 15.6 Å². The van der Waals surface area contributed by atoms with Crippen molar-refractivity contribution in [1.82, 2.24) is 0 Å². The molecule has 0 aliphatic rings. The number of para-hydroxylation sites is 1. The van der Waals surface area contributed by atoms with Gasteiger partial charge in [-0.15, -0.1) is 20.5 Å². The topological polar surface area (TPSA) is 190 Å². The lowest BCUT2D eigenvalue weighted by Crippen LogP contribution is -2.06. The predicted octanol–water partition coefficient (Wildman–Crippen LogP) is 6.16. The second-order valence-corrected chi connectivity index (χ2v) is 11.8. The molecular formula is C25H23N5O7S2. The van der Waals surface area contributed by atoms with E-state index >= 15 is 0 Å². The van der Waals surface area contributed by atoms with Crippen LogP contribution in [0.5, 0.6) is 11.5 Å². The van der Waals surface area contributed by atoms with Crippen molar-refractivity contribution in [3.05, 3.63) is 66.7 Å². The number of azo groups is 2. The Kier molecular flexibility index (Phi) is 7.63. The fourth-order valence-corrected chi connectivity index (χ4v) is 5.29. The molecule has 0 saturated heterocycles. The molecule has 4 N–H and O–H groups in total. The minimum atomic E-state index is -4.85. The second kappa shape index (κ2) is 10.8. The van der Waals surface area contributed by atoms with E-state index in [1.807, 2.05) is 0 Å². The van der Waals surface area contributed by atoms with E-state index in [0.717, 1.165) is 12.1 Å². The average Bonchev–Trinajstić information content (AvgIpc) is 2.91. The van der Waals surface area contributed by atoms with Crippen LogP contribution in [0.1, 0.15) is 6.92 Å². The van der Waals surface area contributed by atoms with E-state index < -0.39 is 24.9 Å². The summed E-state index contributed by atoms with van der Waals surface area (Å²) in [4.78, 5) is -1.00. The summed E-state index contributed by atoms with van der Waals surface area (Å²) in [5, 5.41) is 40.6. The maximum Gasteiger partial charge on any atom is 0.296 e. The SMILES string of the molecule is CCS(=O)(=O)c1ccc(/N=N/c2c(NC)ccc3c(O)c(/N=N/c4ccccc4O)ccc23)c(S(=O)(=O)O)c1. The number of benzene rings is 4. The van der Waals surface area contributed by atoms with Crippen LogP contribution in [0.25, 0.3) is 10.8 Å². The molecule has 0 spiro atoms. The molecule has 0 fully saturated rings. The Hall–Kier alpha value is -4.40. The normalized spacial score (nSPS) is 12.5. The highest BCUT2D eigenvalue weighted by Gasteiger charge is 2.21. The number of phenols is 2. The number of phenolic OH excluding ortho intramolecular Hbond substituents is 2. The van der Waals surface area contributed by atoms with Crippen molar-refractivity contribution in [3.8, 4) is 11.5 Å². The first-order valence-electron chi connectivity index (χ1n) is 11.4. The van der Waals surface area contributed by atoms with Crippen LogP contribution >= 0.6 is 0 Å². The molecule has 0 saturated carbocycles. The standard InChI is InChI=1S/C25H23N5O7S2/c1-3-38(33,34)15-8-11-19(23(14-15)39(35,36)37)28-30-24-16-9-13-21(25(32)17(16)10-12-20(24)26-2)29-27-18-6-4-5-7-22(18)31/h4-14,26,31-32H,3H2,1-2H3,(H,35,36,37)/b29-27+,30-28+. The maximum atomic E-state index is 12.2. The Bertz CT molecular complexity index is 1850. The molecule has 0 atom stereocenters. The van der Waals surface area contributed by atoms with Gasteiger partial charge in [-0.2, -0.15) is 8.42 Å². The van der Waals surface area contributed by atoms with Crippen molar-refractivity contribution in [2.45, 2.75) is 16.7 Å². The number of anilines is 1. The number of hydrogen-bond acceptors (Lipinski definition) is 11. The van der Waals surface area contributed by atoms with E-state index in [9.17, 15) is 31.6 Å². The van der Waals surface area contributed by atoms with E-state index in [1.54, 1.807) is 43.4 Å². The van der Waals surface area contributed by atoms with E-state index in [2.05, 4.69) is 25.8 Å².